The maximum atomic E-state index is 13.3. The molecule has 1 unspecified atom stereocenters. The third-order valence-electron chi connectivity index (χ3n) is 5.95. The van der Waals surface area contributed by atoms with E-state index in [4.69, 9.17) is 0 Å². The zero-order chi connectivity index (χ0) is 20.8. The molecule has 1 heterocycles. The van der Waals surface area contributed by atoms with Crippen molar-refractivity contribution < 1.29 is 9.59 Å². The molecule has 0 aromatic heterocycles. The molecule has 4 rings (SSSR count). The largest absolute Gasteiger partial charge is 0.294 e. The van der Waals surface area contributed by atoms with Crippen molar-refractivity contribution in [1.82, 2.24) is 0 Å². The van der Waals surface area contributed by atoms with Crippen LogP contribution in [0.2, 0.25) is 0 Å². The quantitative estimate of drug-likeness (QED) is 0.598. The van der Waals surface area contributed by atoms with E-state index in [1.165, 1.54) is 4.90 Å². The van der Waals surface area contributed by atoms with Crippen molar-refractivity contribution in [3.8, 4) is 0 Å². The number of nitrogens with zero attached hydrogens (tertiary/aromatic N) is 1. The second-order valence-electron chi connectivity index (χ2n) is 8.90. The van der Waals surface area contributed by atoms with Crippen LogP contribution in [-0.2, 0) is 9.59 Å². The normalized spacial score (nSPS) is 21.4. The number of hydrogen-bond acceptors (Lipinski definition) is 3. The van der Waals surface area contributed by atoms with E-state index in [-0.39, 0.29) is 23.0 Å². The smallest absolute Gasteiger partial charge is 0.232 e. The Bertz CT molecular complexity index is 986. The summed E-state index contributed by atoms with van der Waals surface area (Å²) in [5.74, 6) is 0.0931. The van der Waals surface area contributed by atoms with Gasteiger partial charge in [0.05, 0.1) is 0 Å². The Morgan fingerprint density at radius 2 is 1.62 bits per heavy atom. The predicted octanol–water partition coefficient (Wildman–Crippen LogP) is 5.88. The second-order valence-corrected chi connectivity index (χ2v) is 9.78. The molecule has 0 radical (unpaired) electrons. The minimum atomic E-state index is -0.154. The summed E-state index contributed by atoms with van der Waals surface area (Å²) in [5, 5.41) is 0. The summed E-state index contributed by atoms with van der Waals surface area (Å²) < 4.78 is 0. The Morgan fingerprint density at radius 1 is 0.966 bits per heavy atom. The van der Waals surface area contributed by atoms with Gasteiger partial charge in [0, 0.05) is 40.6 Å². The number of rotatable bonds is 3. The molecule has 1 aliphatic carbocycles. The number of thioether (sulfide) groups is 1. The summed E-state index contributed by atoms with van der Waals surface area (Å²) in [6.45, 7) is 6.26. The first-order valence-electron chi connectivity index (χ1n) is 10.1. The van der Waals surface area contributed by atoms with Crippen molar-refractivity contribution in [3.63, 3.8) is 0 Å². The maximum Gasteiger partial charge on any atom is 0.232 e. The highest BCUT2D eigenvalue weighted by Gasteiger charge is 2.44. The highest BCUT2D eigenvalue weighted by molar-refractivity contribution is 7.98. The molecule has 3 nitrogen and oxygen atoms in total. The molecule has 1 amide bonds. The lowest BCUT2D eigenvalue weighted by atomic mass is 9.69. The summed E-state index contributed by atoms with van der Waals surface area (Å²) in [6, 6.07) is 16.3. The molecule has 150 valence electrons. The molecule has 0 saturated carbocycles. The third kappa shape index (κ3) is 3.78. The fourth-order valence-corrected chi connectivity index (χ4v) is 4.94. The van der Waals surface area contributed by atoms with Crippen molar-refractivity contribution in [1.29, 1.82) is 0 Å². The van der Waals surface area contributed by atoms with Crippen molar-refractivity contribution in [2.45, 2.75) is 50.8 Å². The van der Waals surface area contributed by atoms with Crippen LogP contribution in [0.25, 0.3) is 0 Å². The standard InChI is InChI=1S/C25H27NO2S/c1-16-5-9-18(10-6-16)26-21-14-25(2,3)15-22(27)24(21)20(13-23(26)28)17-7-11-19(29-4)12-8-17/h5-12,20H,13-15H2,1-4H3. The van der Waals surface area contributed by atoms with Gasteiger partial charge in [-0.2, -0.15) is 0 Å². The van der Waals surface area contributed by atoms with Gasteiger partial charge >= 0.3 is 0 Å². The van der Waals surface area contributed by atoms with Crippen LogP contribution < -0.4 is 4.90 Å². The summed E-state index contributed by atoms with van der Waals surface area (Å²) >= 11 is 1.69. The molecule has 0 spiro atoms. The van der Waals surface area contributed by atoms with Crippen LogP contribution in [0.4, 0.5) is 5.69 Å². The monoisotopic (exact) mass is 405 g/mol. The average Bonchev–Trinajstić information content (AvgIpc) is 2.67. The van der Waals surface area contributed by atoms with E-state index in [0.29, 0.717) is 12.8 Å². The van der Waals surface area contributed by atoms with E-state index in [1.807, 2.05) is 37.4 Å². The van der Waals surface area contributed by atoms with Gasteiger partial charge < -0.3 is 0 Å². The van der Waals surface area contributed by atoms with Gasteiger partial charge in [-0.1, -0.05) is 43.7 Å². The number of aryl methyl sites for hydroxylation is 1. The number of hydrogen-bond donors (Lipinski definition) is 0. The van der Waals surface area contributed by atoms with E-state index >= 15 is 0 Å². The minimum Gasteiger partial charge on any atom is -0.294 e. The van der Waals surface area contributed by atoms with E-state index in [9.17, 15) is 9.59 Å². The third-order valence-corrected chi connectivity index (χ3v) is 6.70. The first-order valence-corrected chi connectivity index (χ1v) is 11.3. The van der Waals surface area contributed by atoms with Gasteiger partial charge in [-0.25, -0.2) is 0 Å². The number of allylic oxidation sites excluding steroid dienone is 2. The molecule has 2 aliphatic rings. The molecular weight excluding hydrogens is 378 g/mol. The number of benzene rings is 2. The van der Waals surface area contributed by atoms with Crippen molar-refractivity contribution in [2.75, 3.05) is 11.2 Å². The Kier molecular flexibility index (Phi) is 5.16. The first-order chi connectivity index (χ1) is 13.8. The first kappa shape index (κ1) is 20.0. The van der Waals surface area contributed by atoms with Crippen LogP contribution in [0.1, 0.15) is 50.2 Å². The van der Waals surface area contributed by atoms with Crippen molar-refractivity contribution >= 4 is 29.1 Å². The minimum absolute atomic E-state index is 0.0667. The number of amides is 1. The van der Waals surface area contributed by atoms with Gasteiger partial charge in [-0.15, -0.1) is 11.8 Å². The van der Waals surface area contributed by atoms with Crippen LogP contribution in [0, 0.1) is 12.3 Å². The predicted molar refractivity (Wildman–Crippen MR) is 119 cm³/mol. The topological polar surface area (TPSA) is 37.4 Å². The van der Waals surface area contributed by atoms with Crippen LogP contribution in [-0.4, -0.2) is 17.9 Å². The zero-order valence-corrected chi connectivity index (χ0v) is 18.3. The van der Waals surface area contributed by atoms with Gasteiger partial charge in [-0.05, 0) is 54.8 Å². The van der Waals surface area contributed by atoms with E-state index in [2.05, 4.69) is 38.1 Å². The van der Waals surface area contributed by atoms with Crippen LogP contribution >= 0.6 is 11.8 Å². The number of ketones is 1. The number of carbonyl (C=O) groups excluding carboxylic acids is 2. The summed E-state index contributed by atoms with van der Waals surface area (Å²) in [7, 11) is 0. The van der Waals surface area contributed by atoms with Crippen LogP contribution in [0.3, 0.4) is 0 Å². The van der Waals surface area contributed by atoms with E-state index in [1.54, 1.807) is 16.7 Å². The maximum absolute atomic E-state index is 13.3. The average molecular weight is 406 g/mol. The highest BCUT2D eigenvalue weighted by Crippen LogP contribution is 2.48. The van der Waals surface area contributed by atoms with Gasteiger partial charge in [-0.3, -0.25) is 14.5 Å². The number of carbonyl (C=O) groups is 2. The molecule has 0 fully saturated rings. The van der Waals surface area contributed by atoms with E-state index in [0.717, 1.165) is 34.5 Å². The molecule has 2 aromatic carbocycles. The van der Waals surface area contributed by atoms with Gasteiger partial charge in [0.25, 0.3) is 0 Å². The molecule has 1 atom stereocenters. The molecular formula is C25H27NO2S. The SMILES string of the molecule is CSc1ccc(C2CC(=O)N(c3ccc(C)cc3)C3=C2C(=O)CC(C)(C)C3)cc1. The summed E-state index contributed by atoms with van der Waals surface area (Å²) in [6.07, 6.45) is 3.64. The van der Waals surface area contributed by atoms with Crippen molar-refractivity contribution in [3.05, 3.63) is 70.9 Å². The molecule has 0 bridgehead atoms. The fourth-order valence-electron chi connectivity index (χ4n) is 4.53. The van der Waals surface area contributed by atoms with E-state index < -0.39 is 0 Å². The Labute approximate surface area is 177 Å². The molecule has 4 heteroatoms. The highest BCUT2D eigenvalue weighted by atomic mass is 32.2. The molecule has 2 aromatic rings. The number of anilines is 1. The molecule has 0 N–H and O–H groups in total. The van der Waals surface area contributed by atoms with Crippen LogP contribution in [0.5, 0.6) is 0 Å². The molecule has 1 aliphatic heterocycles. The Balaban J connectivity index is 1.85. The summed E-state index contributed by atoms with van der Waals surface area (Å²) in [4.78, 5) is 29.6. The molecule has 29 heavy (non-hydrogen) atoms. The Hall–Kier alpha value is -2.33. The second kappa shape index (κ2) is 7.49. The summed E-state index contributed by atoms with van der Waals surface area (Å²) in [5.41, 5.74) is 4.64. The van der Waals surface area contributed by atoms with Gasteiger partial charge in [0.1, 0.15) is 0 Å². The van der Waals surface area contributed by atoms with Crippen LogP contribution in [0.15, 0.2) is 64.7 Å². The van der Waals surface area contributed by atoms with Crippen molar-refractivity contribution in [2.24, 2.45) is 5.41 Å². The Morgan fingerprint density at radius 3 is 2.24 bits per heavy atom. The zero-order valence-electron chi connectivity index (χ0n) is 17.5. The lowest BCUT2D eigenvalue weighted by Gasteiger charge is -2.43. The van der Waals surface area contributed by atoms with Gasteiger partial charge in [0.2, 0.25) is 5.91 Å². The fraction of sp³-hybridized carbons (Fsp3) is 0.360. The molecule has 0 saturated heterocycles. The van der Waals surface area contributed by atoms with Gasteiger partial charge in [0.15, 0.2) is 5.78 Å². The lowest BCUT2D eigenvalue weighted by molar-refractivity contribution is -0.121. The lowest BCUT2D eigenvalue weighted by Crippen LogP contribution is -2.43. The number of Topliss-reactive ketones (excluding diaryl/α,β-unsaturated/α-hetero) is 1.